The van der Waals surface area contributed by atoms with Crippen molar-refractivity contribution < 1.29 is 18.3 Å². The van der Waals surface area contributed by atoms with Crippen molar-refractivity contribution in [3.05, 3.63) is 53.1 Å². The van der Waals surface area contributed by atoms with Gasteiger partial charge in [-0.25, -0.2) is 13.2 Å². The summed E-state index contributed by atoms with van der Waals surface area (Å²) in [4.78, 5) is 13.0. The predicted octanol–water partition coefficient (Wildman–Crippen LogP) is 2.87. The lowest BCUT2D eigenvalue weighted by atomic mass is 10.1. The maximum atomic E-state index is 12.7. The number of sulfonamides is 1. The Hall–Kier alpha value is -2.54. The minimum absolute atomic E-state index is 0.0129. The summed E-state index contributed by atoms with van der Waals surface area (Å²) in [5, 5.41) is 9.14. The lowest BCUT2D eigenvalue weighted by Crippen LogP contribution is -2.18. The molecule has 2 rings (SSSR count). The van der Waals surface area contributed by atoms with Crippen molar-refractivity contribution in [3.63, 3.8) is 0 Å². The van der Waals surface area contributed by atoms with Crippen LogP contribution in [-0.4, -0.2) is 33.6 Å². The Kier molecular flexibility index (Phi) is 4.84. The molecule has 0 aliphatic carbocycles. The van der Waals surface area contributed by atoms with E-state index in [-0.39, 0.29) is 16.1 Å². The van der Waals surface area contributed by atoms with Gasteiger partial charge in [0, 0.05) is 14.1 Å². The van der Waals surface area contributed by atoms with Crippen molar-refractivity contribution in [1.82, 2.24) is 0 Å². The van der Waals surface area contributed by atoms with E-state index >= 15 is 0 Å². The van der Waals surface area contributed by atoms with Crippen LogP contribution in [0.5, 0.6) is 0 Å². The first-order valence-electron chi connectivity index (χ1n) is 7.26. The van der Waals surface area contributed by atoms with Crippen LogP contribution in [0.25, 0.3) is 0 Å². The van der Waals surface area contributed by atoms with Crippen molar-refractivity contribution in [2.45, 2.75) is 18.7 Å². The van der Waals surface area contributed by atoms with Gasteiger partial charge in [-0.2, -0.15) is 0 Å². The molecule has 0 aromatic heterocycles. The molecule has 0 amide bonds. The van der Waals surface area contributed by atoms with Gasteiger partial charge in [0.25, 0.3) is 10.0 Å². The summed E-state index contributed by atoms with van der Waals surface area (Å²) in [5.41, 5.74) is 2.41. The van der Waals surface area contributed by atoms with Gasteiger partial charge < -0.3 is 10.0 Å². The molecule has 0 heterocycles. The fourth-order valence-electron chi connectivity index (χ4n) is 2.44. The Labute approximate surface area is 141 Å². The number of carbonyl (C=O) groups is 1. The van der Waals surface area contributed by atoms with Crippen LogP contribution in [0, 0.1) is 13.8 Å². The molecular weight excluding hydrogens is 328 g/mol. The van der Waals surface area contributed by atoms with E-state index in [2.05, 4.69) is 4.72 Å². The van der Waals surface area contributed by atoms with Crippen molar-refractivity contribution in [1.29, 1.82) is 0 Å². The van der Waals surface area contributed by atoms with E-state index in [9.17, 15) is 13.2 Å². The molecule has 0 atom stereocenters. The van der Waals surface area contributed by atoms with Gasteiger partial charge in [0.15, 0.2) is 0 Å². The van der Waals surface area contributed by atoms with Crippen LogP contribution in [0.4, 0.5) is 11.4 Å². The lowest BCUT2D eigenvalue weighted by Gasteiger charge is -2.19. The molecule has 24 heavy (non-hydrogen) atoms. The quantitative estimate of drug-likeness (QED) is 0.868. The fraction of sp³-hybridized carbons (Fsp3) is 0.235. The number of anilines is 2. The van der Waals surface area contributed by atoms with Crippen LogP contribution in [-0.2, 0) is 10.0 Å². The van der Waals surface area contributed by atoms with Gasteiger partial charge in [-0.1, -0.05) is 17.7 Å². The normalized spacial score (nSPS) is 11.2. The maximum absolute atomic E-state index is 12.7. The minimum atomic E-state index is -3.83. The second kappa shape index (κ2) is 6.52. The zero-order valence-electron chi connectivity index (χ0n) is 14.0. The molecule has 6 nitrogen and oxygen atoms in total. The third-order valence-corrected chi connectivity index (χ3v) is 5.12. The summed E-state index contributed by atoms with van der Waals surface area (Å²) in [6.45, 7) is 3.61. The van der Waals surface area contributed by atoms with Gasteiger partial charge in [-0.3, -0.25) is 4.72 Å². The zero-order chi connectivity index (χ0) is 18.1. The Morgan fingerprint density at radius 3 is 2.29 bits per heavy atom. The highest BCUT2D eigenvalue weighted by atomic mass is 32.2. The van der Waals surface area contributed by atoms with E-state index < -0.39 is 16.0 Å². The molecule has 0 spiro atoms. The molecular formula is C17H20N2O4S. The summed E-state index contributed by atoms with van der Waals surface area (Å²) in [6.07, 6.45) is 0. The lowest BCUT2D eigenvalue weighted by molar-refractivity contribution is 0.0697. The van der Waals surface area contributed by atoms with Crippen molar-refractivity contribution in [2.75, 3.05) is 23.7 Å². The van der Waals surface area contributed by atoms with Crippen LogP contribution >= 0.6 is 0 Å². The summed E-state index contributed by atoms with van der Waals surface area (Å²) in [6, 6.07) is 9.38. The third-order valence-electron chi connectivity index (χ3n) is 3.59. The van der Waals surface area contributed by atoms with Crippen LogP contribution in [0.2, 0.25) is 0 Å². The van der Waals surface area contributed by atoms with E-state index in [4.69, 9.17) is 5.11 Å². The van der Waals surface area contributed by atoms with Gasteiger partial charge in [-0.15, -0.1) is 0 Å². The number of benzene rings is 2. The van der Waals surface area contributed by atoms with E-state index in [1.165, 1.54) is 12.1 Å². The van der Waals surface area contributed by atoms with Crippen molar-refractivity contribution >= 4 is 27.4 Å². The Morgan fingerprint density at radius 2 is 1.75 bits per heavy atom. The van der Waals surface area contributed by atoms with Crippen molar-refractivity contribution in [3.8, 4) is 0 Å². The average Bonchev–Trinajstić information content (AvgIpc) is 2.45. The Bertz CT molecular complexity index is 889. The highest BCUT2D eigenvalue weighted by molar-refractivity contribution is 7.92. The number of carboxylic acids is 1. The fourth-order valence-corrected chi connectivity index (χ4v) is 3.73. The van der Waals surface area contributed by atoms with Gasteiger partial charge in [0.2, 0.25) is 0 Å². The number of rotatable bonds is 5. The van der Waals surface area contributed by atoms with E-state index in [0.717, 1.165) is 5.56 Å². The molecule has 0 saturated carbocycles. The summed E-state index contributed by atoms with van der Waals surface area (Å²) in [5.74, 6) is -1.12. The maximum Gasteiger partial charge on any atom is 0.335 e. The van der Waals surface area contributed by atoms with E-state index in [0.29, 0.717) is 11.3 Å². The van der Waals surface area contributed by atoms with E-state index in [1.807, 2.05) is 6.92 Å². The molecule has 2 aromatic rings. The SMILES string of the molecule is Cc1ccc(S(=O)(=O)Nc2cc(C(=O)O)ccc2N(C)C)c(C)c1. The number of aromatic carboxylic acids is 1. The number of nitrogens with one attached hydrogen (secondary N) is 1. The first kappa shape index (κ1) is 17.8. The molecule has 0 saturated heterocycles. The summed E-state index contributed by atoms with van der Waals surface area (Å²) >= 11 is 0. The third kappa shape index (κ3) is 3.68. The van der Waals surface area contributed by atoms with Crippen LogP contribution in [0.1, 0.15) is 21.5 Å². The highest BCUT2D eigenvalue weighted by Gasteiger charge is 2.20. The number of nitrogens with zero attached hydrogens (tertiary/aromatic N) is 1. The van der Waals surface area contributed by atoms with Crippen LogP contribution in [0.3, 0.4) is 0 Å². The molecule has 128 valence electrons. The average molecular weight is 348 g/mol. The molecule has 2 aromatic carbocycles. The standard InChI is InChI=1S/C17H20N2O4S/c1-11-5-8-16(12(2)9-11)24(22,23)18-14-10-13(17(20)21)6-7-15(14)19(3)4/h5-10,18H,1-4H3,(H,20,21). The first-order valence-corrected chi connectivity index (χ1v) is 8.75. The van der Waals surface area contributed by atoms with Crippen LogP contribution < -0.4 is 9.62 Å². The Morgan fingerprint density at radius 1 is 1.08 bits per heavy atom. The van der Waals surface area contributed by atoms with Gasteiger partial charge in [-0.05, 0) is 43.7 Å². The second-order valence-electron chi connectivity index (χ2n) is 5.81. The molecule has 7 heteroatoms. The van der Waals surface area contributed by atoms with Gasteiger partial charge >= 0.3 is 5.97 Å². The molecule has 0 fully saturated rings. The Balaban J connectivity index is 2.52. The monoisotopic (exact) mass is 348 g/mol. The van der Waals surface area contributed by atoms with E-state index in [1.54, 1.807) is 50.2 Å². The molecule has 0 radical (unpaired) electrons. The first-order chi connectivity index (χ1) is 11.1. The largest absolute Gasteiger partial charge is 0.478 e. The number of aryl methyl sites for hydroxylation is 2. The number of hydrogen-bond acceptors (Lipinski definition) is 4. The summed E-state index contributed by atoms with van der Waals surface area (Å²) < 4.78 is 27.9. The molecule has 0 bridgehead atoms. The molecule has 0 unspecified atom stereocenters. The molecule has 0 aliphatic heterocycles. The smallest absolute Gasteiger partial charge is 0.335 e. The zero-order valence-corrected chi connectivity index (χ0v) is 14.8. The van der Waals surface area contributed by atoms with Gasteiger partial charge in [0.05, 0.1) is 21.8 Å². The minimum Gasteiger partial charge on any atom is -0.478 e. The topological polar surface area (TPSA) is 86.7 Å². The van der Waals surface area contributed by atoms with Crippen molar-refractivity contribution in [2.24, 2.45) is 0 Å². The predicted molar refractivity (Wildman–Crippen MR) is 94.5 cm³/mol. The molecule has 0 aliphatic rings. The number of carboxylic acid groups (broad SMARTS) is 1. The van der Waals surface area contributed by atoms with Gasteiger partial charge in [0.1, 0.15) is 0 Å². The molecule has 2 N–H and O–H groups in total. The highest BCUT2D eigenvalue weighted by Crippen LogP contribution is 2.29. The second-order valence-corrected chi connectivity index (χ2v) is 7.46. The summed E-state index contributed by atoms with van der Waals surface area (Å²) in [7, 11) is -0.320. The van der Waals surface area contributed by atoms with Crippen LogP contribution in [0.15, 0.2) is 41.3 Å². The number of hydrogen-bond donors (Lipinski definition) is 2.